The maximum Gasteiger partial charge on any atom is 0.275 e. The monoisotopic (exact) mass is 384 g/mol. The highest BCUT2D eigenvalue weighted by Gasteiger charge is 2.25. The zero-order chi connectivity index (χ0) is 18.8. The molecule has 7 nitrogen and oxygen atoms in total. The first kappa shape index (κ1) is 17.8. The van der Waals surface area contributed by atoms with Crippen molar-refractivity contribution in [3.8, 4) is 0 Å². The van der Waals surface area contributed by atoms with Gasteiger partial charge in [0.15, 0.2) is 0 Å². The van der Waals surface area contributed by atoms with Crippen LogP contribution in [-0.2, 0) is 13.0 Å². The largest absolute Gasteiger partial charge is 0.327 e. The second kappa shape index (κ2) is 7.58. The Bertz CT molecular complexity index is 1010. The number of fused-ring (bicyclic) bond motifs is 1. The highest BCUT2D eigenvalue weighted by molar-refractivity contribution is 7.16. The fourth-order valence-electron chi connectivity index (χ4n) is 3.35. The van der Waals surface area contributed by atoms with Gasteiger partial charge in [0, 0.05) is 11.6 Å². The number of piperazine rings is 1. The van der Waals surface area contributed by atoms with Crippen molar-refractivity contribution in [1.29, 1.82) is 0 Å². The molecule has 0 bridgehead atoms. The van der Waals surface area contributed by atoms with Gasteiger partial charge in [0.2, 0.25) is 4.96 Å². The average molecular weight is 384 g/mol. The molecule has 1 aromatic carbocycles. The van der Waals surface area contributed by atoms with Crippen molar-refractivity contribution >= 4 is 22.2 Å². The summed E-state index contributed by atoms with van der Waals surface area (Å²) >= 11 is 1.47. The van der Waals surface area contributed by atoms with E-state index in [0.717, 1.165) is 35.8 Å². The Kier molecular flexibility index (Phi) is 5.00. The Balaban J connectivity index is 1.41. The number of benzene rings is 1. The molecule has 2 aromatic heterocycles. The van der Waals surface area contributed by atoms with Crippen LogP contribution in [0.25, 0.3) is 4.96 Å². The van der Waals surface area contributed by atoms with Crippen LogP contribution in [0.5, 0.6) is 0 Å². The van der Waals surface area contributed by atoms with Crippen molar-refractivity contribution in [2.45, 2.75) is 19.9 Å². The van der Waals surface area contributed by atoms with Gasteiger partial charge in [-0.3, -0.25) is 9.59 Å². The summed E-state index contributed by atoms with van der Waals surface area (Å²) in [6.07, 6.45) is 0.797. The second-order valence-corrected chi connectivity index (χ2v) is 7.75. The van der Waals surface area contributed by atoms with Gasteiger partial charge in [-0.2, -0.15) is 9.61 Å². The van der Waals surface area contributed by atoms with Crippen molar-refractivity contribution in [1.82, 2.24) is 19.5 Å². The minimum Gasteiger partial charge on any atom is -0.327 e. The Hall–Kier alpha value is -2.58. The van der Waals surface area contributed by atoms with Gasteiger partial charge in [0.05, 0.1) is 26.2 Å². The number of nitrogens with one attached hydrogen (secondary N) is 1. The van der Waals surface area contributed by atoms with Crippen molar-refractivity contribution in [3.63, 3.8) is 0 Å². The molecular weight excluding hydrogens is 362 g/mol. The molecule has 3 heterocycles. The SMILES string of the molecule is CCc1nn2c(=O)cc(C[NH+]3CCN(C(=O)c4ccccc4)CC3)nc2s1. The zero-order valence-electron chi connectivity index (χ0n) is 15.2. The van der Waals surface area contributed by atoms with Gasteiger partial charge in [0.1, 0.15) is 17.2 Å². The van der Waals surface area contributed by atoms with Crippen molar-refractivity contribution in [2.24, 2.45) is 0 Å². The lowest BCUT2D eigenvalue weighted by Crippen LogP contribution is -3.13. The second-order valence-electron chi connectivity index (χ2n) is 6.71. The first-order valence-corrected chi connectivity index (χ1v) is 10.0. The molecule has 3 aromatic rings. The molecule has 1 aliphatic heterocycles. The number of aryl methyl sites for hydroxylation is 1. The lowest BCUT2D eigenvalue weighted by molar-refractivity contribution is -0.917. The summed E-state index contributed by atoms with van der Waals surface area (Å²) < 4.78 is 1.39. The number of carbonyl (C=O) groups is 1. The molecule has 1 fully saturated rings. The first-order valence-electron chi connectivity index (χ1n) is 9.20. The Labute approximate surface area is 160 Å². The number of amides is 1. The molecule has 0 aliphatic carbocycles. The third-order valence-electron chi connectivity index (χ3n) is 4.85. The van der Waals surface area contributed by atoms with Crippen LogP contribution in [0.4, 0.5) is 0 Å². The fourth-order valence-corrected chi connectivity index (χ4v) is 4.21. The number of carbonyl (C=O) groups excluding carboxylic acids is 1. The minimum absolute atomic E-state index is 0.0872. The third kappa shape index (κ3) is 3.77. The number of aromatic nitrogens is 3. The lowest BCUT2D eigenvalue weighted by Gasteiger charge is -2.32. The van der Waals surface area contributed by atoms with Crippen LogP contribution < -0.4 is 10.5 Å². The molecule has 0 radical (unpaired) electrons. The van der Waals surface area contributed by atoms with Gasteiger partial charge >= 0.3 is 0 Å². The van der Waals surface area contributed by atoms with Gasteiger partial charge in [0.25, 0.3) is 11.5 Å². The van der Waals surface area contributed by atoms with Gasteiger partial charge in [-0.15, -0.1) is 0 Å². The molecule has 8 heteroatoms. The van der Waals surface area contributed by atoms with E-state index in [2.05, 4.69) is 10.1 Å². The van der Waals surface area contributed by atoms with Crippen LogP contribution in [-0.4, -0.2) is 51.6 Å². The number of hydrogen-bond donors (Lipinski definition) is 1. The van der Waals surface area contributed by atoms with Crippen LogP contribution in [0, 0.1) is 0 Å². The van der Waals surface area contributed by atoms with E-state index in [1.165, 1.54) is 20.8 Å². The summed E-state index contributed by atoms with van der Waals surface area (Å²) in [5, 5.41) is 5.20. The van der Waals surface area contributed by atoms with E-state index in [9.17, 15) is 9.59 Å². The first-order chi connectivity index (χ1) is 13.1. The molecule has 0 atom stereocenters. The van der Waals surface area contributed by atoms with E-state index in [1.807, 2.05) is 42.2 Å². The Morgan fingerprint density at radius 3 is 2.67 bits per heavy atom. The fraction of sp³-hybridized carbons (Fsp3) is 0.368. The average Bonchev–Trinajstić information content (AvgIpc) is 3.13. The molecule has 140 valence electrons. The standard InChI is InChI=1S/C19H21N5O2S/c1-2-16-21-24-17(25)12-15(20-19(24)27-16)13-22-8-10-23(11-9-22)18(26)14-6-4-3-5-7-14/h3-7,12H,2,8-11,13H2,1H3/p+1. The number of quaternary nitrogens is 1. The number of hydrogen-bond acceptors (Lipinski definition) is 5. The summed E-state index contributed by atoms with van der Waals surface area (Å²) in [5.74, 6) is 0.0872. The lowest BCUT2D eigenvalue weighted by atomic mass is 10.2. The molecule has 27 heavy (non-hydrogen) atoms. The summed E-state index contributed by atoms with van der Waals surface area (Å²) in [7, 11) is 0. The van der Waals surface area contributed by atoms with Crippen LogP contribution in [0.3, 0.4) is 0 Å². The van der Waals surface area contributed by atoms with Crippen LogP contribution in [0.15, 0.2) is 41.2 Å². The molecule has 1 aliphatic rings. The minimum atomic E-state index is -0.122. The van der Waals surface area contributed by atoms with Crippen LogP contribution in [0.2, 0.25) is 0 Å². The Morgan fingerprint density at radius 2 is 1.96 bits per heavy atom. The normalized spacial score (nSPS) is 15.4. The van der Waals surface area contributed by atoms with Gasteiger partial charge in [-0.1, -0.05) is 36.5 Å². The van der Waals surface area contributed by atoms with E-state index < -0.39 is 0 Å². The topological polar surface area (TPSA) is 72.0 Å². The molecule has 0 saturated carbocycles. The summed E-state index contributed by atoms with van der Waals surface area (Å²) in [4.78, 5) is 33.3. The zero-order valence-corrected chi connectivity index (χ0v) is 16.0. The van der Waals surface area contributed by atoms with Crippen molar-refractivity contribution in [3.05, 3.63) is 63.0 Å². The van der Waals surface area contributed by atoms with E-state index in [-0.39, 0.29) is 11.5 Å². The number of rotatable bonds is 4. The van der Waals surface area contributed by atoms with E-state index in [0.29, 0.717) is 24.6 Å². The van der Waals surface area contributed by atoms with Crippen LogP contribution in [0.1, 0.15) is 28.0 Å². The summed E-state index contributed by atoms with van der Waals surface area (Å²) in [6.45, 7) is 5.84. The number of nitrogens with zero attached hydrogens (tertiary/aromatic N) is 4. The van der Waals surface area contributed by atoms with Gasteiger partial charge < -0.3 is 9.80 Å². The molecule has 0 spiro atoms. The highest BCUT2D eigenvalue weighted by atomic mass is 32.1. The molecule has 1 saturated heterocycles. The van der Waals surface area contributed by atoms with Gasteiger partial charge in [-0.05, 0) is 18.6 Å². The van der Waals surface area contributed by atoms with Gasteiger partial charge in [-0.25, -0.2) is 4.98 Å². The summed E-state index contributed by atoms with van der Waals surface area (Å²) in [5.41, 5.74) is 1.41. The molecule has 0 unspecified atom stereocenters. The predicted octanol–water partition coefficient (Wildman–Crippen LogP) is 0.254. The highest BCUT2D eigenvalue weighted by Crippen LogP contribution is 2.11. The van der Waals surface area contributed by atoms with Crippen molar-refractivity contribution < 1.29 is 9.69 Å². The third-order valence-corrected chi connectivity index (χ3v) is 5.90. The molecule has 4 rings (SSSR count). The maximum absolute atomic E-state index is 12.5. The summed E-state index contributed by atoms with van der Waals surface area (Å²) in [6, 6.07) is 11.0. The molecule has 1 N–H and O–H groups in total. The Morgan fingerprint density at radius 1 is 1.22 bits per heavy atom. The van der Waals surface area contributed by atoms with E-state index >= 15 is 0 Å². The van der Waals surface area contributed by atoms with E-state index in [4.69, 9.17) is 0 Å². The quantitative estimate of drug-likeness (QED) is 0.700. The predicted molar refractivity (Wildman–Crippen MR) is 103 cm³/mol. The smallest absolute Gasteiger partial charge is 0.275 e. The van der Waals surface area contributed by atoms with Crippen LogP contribution >= 0.6 is 11.3 Å². The molecule has 1 amide bonds. The van der Waals surface area contributed by atoms with E-state index in [1.54, 1.807) is 6.07 Å². The van der Waals surface area contributed by atoms with Crippen molar-refractivity contribution in [2.75, 3.05) is 26.2 Å². The molecular formula is C19H22N5O2S+. The maximum atomic E-state index is 12.5.